The summed E-state index contributed by atoms with van der Waals surface area (Å²) in [4.78, 5) is 12.3. The van der Waals surface area contributed by atoms with Gasteiger partial charge < -0.3 is 15.4 Å². The number of carbonyl (C=O) groups is 1. The van der Waals surface area contributed by atoms with Crippen molar-refractivity contribution in [3.8, 4) is 5.75 Å². The highest BCUT2D eigenvalue weighted by molar-refractivity contribution is 6.30. The lowest BCUT2D eigenvalue weighted by atomic mass is 10.1. The molecule has 0 spiro atoms. The molecule has 1 heterocycles. The molecule has 1 unspecified atom stereocenters. The van der Waals surface area contributed by atoms with Gasteiger partial charge in [0, 0.05) is 23.2 Å². The molecule has 5 heteroatoms. The zero-order chi connectivity index (χ0) is 16.1. The number of rotatable bonds is 5. The van der Waals surface area contributed by atoms with Crippen molar-refractivity contribution in [3.05, 3.63) is 64.7 Å². The van der Waals surface area contributed by atoms with E-state index in [-0.39, 0.29) is 11.9 Å². The number of benzene rings is 2. The van der Waals surface area contributed by atoms with Gasteiger partial charge in [-0.2, -0.15) is 0 Å². The van der Waals surface area contributed by atoms with Gasteiger partial charge in [0.15, 0.2) is 0 Å². The lowest BCUT2D eigenvalue weighted by molar-refractivity contribution is 0.0939. The number of hydrogen-bond acceptors (Lipinski definition) is 3. The summed E-state index contributed by atoms with van der Waals surface area (Å²) in [6.07, 6.45) is 0.971. The first-order valence-electron chi connectivity index (χ1n) is 7.69. The van der Waals surface area contributed by atoms with Gasteiger partial charge in [0.25, 0.3) is 5.91 Å². The van der Waals surface area contributed by atoms with Crippen LogP contribution in [0.4, 0.5) is 0 Å². The molecule has 23 heavy (non-hydrogen) atoms. The summed E-state index contributed by atoms with van der Waals surface area (Å²) in [6, 6.07) is 15.0. The van der Waals surface area contributed by atoms with Gasteiger partial charge in [0.1, 0.15) is 12.4 Å². The number of halogens is 1. The predicted octanol–water partition coefficient (Wildman–Crippen LogP) is 3.01. The van der Waals surface area contributed by atoms with E-state index in [2.05, 4.69) is 10.6 Å². The molecule has 0 aromatic heterocycles. The van der Waals surface area contributed by atoms with E-state index in [4.69, 9.17) is 16.3 Å². The molecule has 1 atom stereocenters. The minimum absolute atomic E-state index is 0.0596. The molecule has 4 nitrogen and oxygen atoms in total. The van der Waals surface area contributed by atoms with Gasteiger partial charge in [-0.1, -0.05) is 29.8 Å². The van der Waals surface area contributed by atoms with Crippen LogP contribution in [-0.2, 0) is 6.61 Å². The first-order valence-corrected chi connectivity index (χ1v) is 8.07. The van der Waals surface area contributed by atoms with Crippen molar-refractivity contribution in [1.82, 2.24) is 10.6 Å². The maximum absolute atomic E-state index is 12.3. The molecule has 1 fully saturated rings. The first kappa shape index (κ1) is 15.8. The van der Waals surface area contributed by atoms with Gasteiger partial charge in [0.05, 0.1) is 0 Å². The molecule has 1 aliphatic rings. The fourth-order valence-electron chi connectivity index (χ4n) is 2.52. The molecule has 2 N–H and O–H groups in total. The Morgan fingerprint density at radius 2 is 2.09 bits per heavy atom. The van der Waals surface area contributed by atoms with E-state index in [0.29, 0.717) is 22.9 Å². The summed E-state index contributed by atoms with van der Waals surface area (Å²) in [5, 5.41) is 6.97. The third-order valence-corrected chi connectivity index (χ3v) is 4.06. The smallest absolute Gasteiger partial charge is 0.251 e. The van der Waals surface area contributed by atoms with Crippen molar-refractivity contribution in [2.75, 3.05) is 13.1 Å². The first-order chi connectivity index (χ1) is 11.2. The molecule has 120 valence electrons. The highest BCUT2D eigenvalue weighted by atomic mass is 35.5. The molecular weight excluding hydrogens is 312 g/mol. The maximum Gasteiger partial charge on any atom is 0.251 e. The van der Waals surface area contributed by atoms with Gasteiger partial charge in [-0.3, -0.25) is 4.79 Å². The molecule has 0 radical (unpaired) electrons. The fraction of sp³-hybridized carbons (Fsp3) is 0.278. The molecule has 2 aromatic rings. The third-order valence-electron chi connectivity index (χ3n) is 3.81. The summed E-state index contributed by atoms with van der Waals surface area (Å²) in [5.41, 5.74) is 1.65. The van der Waals surface area contributed by atoms with Gasteiger partial charge in [-0.15, -0.1) is 0 Å². The average Bonchev–Trinajstić information content (AvgIpc) is 3.07. The molecule has 0 bridgehead atoms. The topological polar surface area (TPSA) is 50.4 Å². The molecule has 2 aromatic carbocycles. The molecule has 0 saturated carbocycles. The lowest BCUT2D eigenvalue weighted by Gasteiger charge is -2.12. The Hall–Kier alpha value is -2.04. The highest BCUT2D eigenvalue weighted by Gasteiger charge is 2.17. The summed E-state index contributed by atoms with van der Waals surface area (Å²) >= 11 is 5.86. The number of ether oxygens (including phenoxy) is 1. The Morgan fingerprint density at radius 1 is 1.26 bits per heavy atom. The standard InChI is InChI=1S/C18H19ClN2O2/c19-15-6-4-13(5-7-15)12-23-17-3-1-2-14(10-17)18(22)21-16-8-9-20-11-16/h1-7,10,16,20H,8-9,11-12H2,(H,21,22). The minimum atomic E-state index is -0.0596. The molecular formula is C18H19ClN2O2. The second-order valence-corrected chi connectivity index (χ2v) is 6.04. The van der Waals surface area contributed by atoms with Crippen molar-refractivity contribution >= 4 is 17.5 Å². The van der Waals surface area contributed by atoms with Crippen LogP contribution in [0.15, 0.2) is 48.5 Å². The van der Waals surface area contributed by atoms with Gasteiger partial charge in [0.2, 0.25) is 0 Å². The quantitative estimate of drug-likeness (QED) is 0.886. The van der Waals surface area contributed by atoms with Crippen LogP contribution in [0.25, 0.3) is 0 Å². The van der Waals surface area contributed by atoms with Crippen LogP contribution in [0.5, 0.6) is 5.75 Å². The molecule has 1 saturated heterocycles. The van der Waals surface area contributed by atoms with E-state index in [1.165, 1.54) is 0 Å². The normalized spacial score (nSPS) is 17.0. The lowest BCUT2D eigenvalue weighted by Crippen LogP contribution is -2.36. The number of carbonyl (C=O) groups excluding carboxylic acids is 1. The minimum Gasteiger partial charge on any atom is -0.489 e. The Morgan fingerprint density at radius 3 is 2.83 bits per heavy atom. The Bertz CT molecular complexity index is 667. The van der Waals surface area contributed by atoms with Crippen LogP contribution in [0, 0.1) is 0 Å². The van der Waals surface area contributed by atoms with E-state index in [1.807, 2.05) is 36.4 Å². The van der Waals surface area contributed by atoms with E-state index in [9.17, 15) is 4.79 Å². The largest absolute Gasteiger partial charge is 0.489 e. The Kier molecular flexibility index (Phi) is 5.16. The Labute approximate surface area is 140 Å². The van der Waals surface area contributed by atoms with Gasteiger partial charge >= 0.3 is 0 Å². The summed E-state index contributed by atoms with van der Waals surface area (Å²) in [5.74, 6) is 0.618. The second-order valence-electron chi connectivity index (χ2n) is 5.61. The maximum atomic E-state index is 12.3. The summed E-state index contributed by atoms with van der Waals surface area (Å²) < 4.78 is 5.76. The zero-order valence-electron chi connectivity index (χ0n) is 12.7. The van der Waals surface area contributed by atoms with E-state index in [1.54, 1.807) is 12.1 Å². The number of nitrogens with one attached hydrogen (secondary N) is 2. The molecule has 3 rings (SSSR count). The summed E-state index contributed by atoms with van der Waals surface area (Å²) in [6.45, 7) is 2.22. The predicted molar refractivity (Wildman–Crippen MR) is 91.0 cm³/mol. The summed E-state index contributed by atoms with van der Waals surface area (Å²) in [7, 11) is 0. The van der Waals surface area contributed by atoms with Crippen LogP contribution in [0.3, 0.4) is 0 Å². The molecule has 0 aliphatic carbocycles. The van der Waals surface area contributed by atoms with E-state index >= 15 is 0 Å². The number of amides is 1. The van der Waals surface area contributed by atoms with Crippen molar-refractivity contribution in [2.45, 2.75) is 19.1 Å². The van der Waals surface area contributed by atoms with Crippen LogP contribution < -0.4 is 15.4 Å². The van der Waals surface area contributed by atoms with Crippen LogP contribution >= 0.6 is 11.6 Å². The monoisotopic (exact) mass is 330 g/mol. The SMILES string of the molecule is O=C(NC1CCNC1)c1cccc(OCc2ccc(Cl)cc2)c1. The second kappa shape index (κ2) is 7.49. The van der Waals surface area contributed by atoms with Crippen molar-refractivity contribution < 1.29 is 9.53 Å². The van der Waals surface area contributed by atoms with E-state index < -0.39 is 0 Å². The van der Waals surface area contributed by atoms with Crippen LogP contribution in [0.1, 0.15) is 22.3 Å². The van der Waals surface area contributed by atoms with Crippen molar-refractivity contribution in [2.24, 2.45) is 0 Å². The highest BCUT2D eigenvalue weighted by Crippen LogP contribution is 2.17. The van der Waals surface area contributed by atoms with Gasteiger partial charge in [-0.05, 0) is 48.9 Å². The zero-order valence-corrected chi connectivity index (χ0v) is 13.5. The van der Waals surface area contributed by atoms with Gasteiger partial charge in [-0.25, -0.2) is 0 Å². The Balaban J connectivity index is 1.60. The van der Waals surface area contributed by atoms with Crippen LogP contribution in [-0.4, -0.2) is 25.0 Å². The molecule has 1 amide bonds. The molecule has 1 aliphatic heterocycles. The van der Waals surface area contributed by atoms with Crippen LogP contribution in [0.2, 0.25) is 5.02 Å². The number of hydrogen-bond donors (Lipinski definition) is 2. The van der Waals surface area contributed by atoms with Crippen molar-refractivity contribution in [1.29, 1.82) is 0 Å². The fourth-order valence-corrected chi connectivity index (χ4v) is 2.65. The van der Waals surface area contributed by atoms with E-state index in [0.717, 1.165) is 25.1 Å². The van der Waals surface area contributed by atoms with Crippen molar-refractivity contribution in [3.63, 3.8) is 0 Å². The third kappa shape index (κ3) is 4.47. The average molecular weight is 331 g/mol.